The van der Waals surface area contributed by atoms with Crippen molar-refractivity contribution in [3.8, 4) is 22.8 Å². The molecule has 0 spiro atoms. The summed E-state index contributed by atoms with van der Waals surface area (Å²) in [5.74, 6) is 1.56. The van der Waals surface area contributed by atoms with Gasteiger partial charge in [-0.3, -0.25) is 4.79 Å². The smallest absolute Gasteiger partial charge is 0.226 e. The summed E-state index contributed by atoms with van der Waals surface area (Å²) in [5, 5.41) is 6.17. The van der Waals surface area contributed by atoms with Gasteiger partial charge >= 0.3 is 0 Å². The quantitative estimate of drug-likeness (QED) is 0.303. The molecule has 0 fully saturated rings. The van der Waals surface area contributed by atoms with Gasteiger partial charge in [-0.25, -0.2) is 4.98 Å². The van der Waals surface area contributed by atoms with E-state index in [1.165, 1.54) is 11.3 Å². The molecule has 1 aromatic heterocycles. The van der Waals surface area contributed by atoms with Gasteiger partial charge in [0.05, 0.1) is 18.9 Å². The highest BCUT2D eigenvalue weighted by Gasteiger charge is 2.09. The maximum atomic E-state index is 12.3. The average Bonchev–Trinajstić information content (AvgIpc) is 3.24. The van der Waals surface area contributed by atoms with Crippen LogP contribution in [0.15, 0.2) is 41.8 Å². The number of thiazole rings is 1. The highest BCUT2D eigenvalue weighted by atomic mass is 35.5. The molecule has 0 unspecified atom stereocenters. The number of carbonyl (C=O) groups is 1. The number of aryl methyl sites for hydroxylation is 2. The standard InChI is InChI=1S/C25H29ClN2O3S/c1-4-5-12-30-20-10-8-19(9-11-20)22-16-32-25(27-22)28-23(29)7-6-13-31-21-14-17(2)24(26)18(3)15-21/h8-11,14-16H,4-7,12-13H2,1-3H3,(H,27,28,29). The van der Waals surface area contributed by atoms with Crippen LogP contribution >= 0.6 is 22.9 Å². The zero-order chi connectivity index (χ0) is 22.9. The van der Waals surface area contributed by atoms with Crippen molar-refractivity contribution in [2.24, 2.45) is 0 Å². The minimum Gasteiger partial charge on any atom is -0.494 e. The normalized spacial score (nSPS) is 10.8. The summed E-state index contributed by atoms with van der Waals surface area (Å²) in [4.78, 5) is 16.8. The van der Waals surface area contributed by atoms with Crippen molar-refractivity contribution >= 4 is 34.0 Å². The predicted molar refractivity (Wildman–Crippen MR) is 132 cm³/mol. The maximum Gasteiger partial charge on any atom is 0.226 e. The van der Waals surface area contributed by atoms with E-state index in [4.69, 9.17) is 21.1 Å². The average molecular weight is 473 g/mol. The number of carbonyl (C=O) groups excluding carboxylic acids is 1. The van der Waals surface area contributed by atoms with Gasteiger partial charge in [0, 0.05) is 22.4 Å². The van der Waals surface area contributed by atoms with Crippen molar-refractivity contribution in [2.75, 3.05) is 18.5 Å². The number of unbranched alkanes of at least 4 members (excludes halogenated alkanes) is 1. The van der Waals surface area contributed by atoms with Crippen LogP contribution in [-0.2, 0) is 4.79 Å². The second-order valence-corrected chi connectivity index (χ2v) is 8.87. The number of benzene rings is 2. The van der Waals surface area contributed by atoms with Crippen molar-refractivity contribution in [1.82, 2.24) is 4.98 Å². The van der Waals surface area contributed by atoms with Gasteiger partial charge in [-0.1, -0.05) is 24.9 Å². The molecule has 0 radical (unpaired) electrons. The summed E-state index contributed by atoms with van der Waals surface area (Å²) in [7, 11) is 0. The SMILES string of the molecule is CCCCOc1ccc(-c2csc(NC(=O)CCCOc3cc(C)c(Cl)c(C)c3)n2)cc1. The van der Waals surface area contributed by atoms with Crippen molar-refractivity contribution in [2.45, 2.75) is 46.5 Å². The number of rotatable bonds is 11. The number of anilines is 1. The molecule has 0 aliphatic rings. The lowest BCUT2D eigenvalue weighted by atomic mass is 10.1. The summed E-state index contributed by atoms with van der Waals surface area (Å²) in [5.41, 5.74) is 3.80. The highest BCUT2D eigenvalue weighted by molar-refractivity contribution is 7.14. The summed E-state index contributed by atoms with van der Waals surface area (Å²) < 4.78 is 11.5. The van der Waals surface area contributed by atoms with Gasteiger partial charge in [-0.2, -0.15) is 0 Å². The van der Waals surface area contributed by atoms with Crippen LogP contribution < -0.4 is 14.8 Å². The second kappa shape index (κ2) is 11.9. The van der Waals surface area contributed by atoms with Crippen molar-refractivity contribution < 1.29 is 14.3 Å². The summed E-state index contributed by atoms with van der Waals surface area (Å²) in [6.07, 6.45) is 3.14. The topological polar surface area (TPSA) is 60.5 Å². The molecule has 0 saturated heterocycles. The van der Waals surface area contributed by atoms with Crippen LogP contribution in [0, 0.1) is 13.8 Å². The lowest BCUT2D eigenvalue weighted by Crippen LogP contribution is -2.12. The lowest BCUT2D eigenvalue weighted by Gasteiger charge is -2.10. The molecule has 0 aliphatic carbocycles. The monoisotopic (exact) mass is 472 g/mol. The Labute approximate surface area is 198 Å². The molecule has 7 heteroatoms. The number of ether oxygens (including phenoxy) is 2. The Morgan fingerprint density at radius 1 is 1.03 bits per heavy atom. The second-order valence-electron chi connectivity index (χ2n) is 7.64. The first kappa shape index (κ1) is 24.1. The van der Waals surface area contributed by atoms with Gasteiger partial charge in [0.2, 0.25) is 5.91 Å². The Balaban J connectivity index is 1.43. The summed E-state index contributed by atoms with van der Waals surface area (Å²) in [6.45, 7) is 7.24. The van der Waals surface area contributed by atoms with E-state index in [2.05, 4.69) is 17.2 Å². The molecule has 1 heterocycles. The maximum absolute atomic E-state index is 12.3. The van der Waals surface area contributed by atoms with Crippen molar-refractivity contribution in [3.05, 3.63) is 57.9 Å². The third-order valence-corrected chi connectivity index (χ3v) is 6.25. The third kappa shape index (κ3) is 6.97. The Morgan fingerprint density at radius 2 is 1.69 bits per heavy atom. The largest absolute Gasteiger partial charge is 0.494 e. The van der Waals surface area contributed by atoms with Gasteiger partial charge in [0.1, 0.15) is 11.5 Å². The fourth-order valence-electron chi connectivity index (χ4n) is 3.11. The first-order chi connectivity index (χ1) is 15.5. The molecule has 170 valence electrons. The Hall–Kier alpha value is -2.57. The highest BCUT2D eigenvalue weighted by Crippen LogP contribution is 2.27. The van der Waals surface area contributed by atoms with Gasteiger partial charge in [0.15, 0.2) is 5.13 Å². The first-order valence-corrected chi connectivity index (χ1v) is 12.1. The molecule has 32 heavy (non-hydrogen) atoms. The van der Waals surface area contributed by atoms with Crippen LogP contribution in [0.1, 0.15) is 43.7 Å². The molecular formula is C25H29ClN2O3S. The molecule has 0 saturated carbocycles. The molecule has 2 aromatic carbocycles. The fourth-order valence-corrected chi connectivity index (χ4v) is 3.96. The minimum absolute atomic E-state index is 0.0716. The van der Waals surface area contributed by atoms with Crippen molar-refractivity contribution in [1.29, 1.82) is 0 Å². The van der Waals surface area contributed by atoms with Crippen LogP contribution in [0.4, 0.5) is 5.13 Å². The van der Waals surface area contributed by atoms with Crippen LogP contribution in [0.2, 0.25) is 5.02 Å². The molecule has 0 aliphatic heterocycles. The van der Waals surface area contributed by atoms with E-state index in [0.29, 0.717) is 24.6 Å². The Morgan fingerprint density at radius 3 is 2.38 bits per heavy atom. The van der Waals surface area contributed by atoms with E-state index in [0.717, 1.165) is 58.4 Å². The van der Waals surface area contributed by atoms with Crippen LogP contribution in [0.5, 0.6) is 11.5 Å². The van der Waals surface area contributed by atoms with Gasteiger partial charge < -0.3 is 14.8 Å². The number of hydrogen-bond donors (Lipinski definition) is 1. The molecule has 3 aromatic rings. The summed E-state index contributed by atoms with van der Waals surface area (Å²) in [6, 6.07) is 11.7. The van der Waals surface area contributed by atoms with E-state index in [-0.39, 0.29) is 5.91 Å². The Bertz CT molecular complexity index is 1010. The number of halogens is 1. The van der Waals surface area contributed by atoms with E-state index in [9.17, 15) is 4.79 Å². The van der Waals surface area contributed by atoms with E-state index >= 15 is 0 Å². The first-order valence-electron chi connectivity index (χ1n) is 10.8. The number of amides is 1. The molecular weight excluding hydrogens is 444 g/mol. The zero-order valence-corrected chi connectivity index (χ0v) is 20.3. The fraction of sp³-hybridized carbons (Fsp3) is 0.360. The molecule has 0 atom stereocenters. The number of aromatic nitrogens is 1. The Kier molecular flexibility index (Phi) is 8.94. The number of nitrogens with one attached hydrogen (secondary N) is 1. The van der Waals surface area contributed by atoms with E-state index in [1.54, 1.807) is 0 Å². The molecule has 3 rings (SSSR count). The zero-order valence-electron chi connectivity index (χ0n) is 18.7. The number of hydrogen-bond acceptors (Lipinski definition) is 5. The molecule has 5 nitrogen and oxygen atoms in total. The minimum atomic E-state index is -0.0716. The molecule has 0 bridgehead atoms. The van der Waals surface area contributed by atoms with Crippen LogP contribution in [0.3, 0.4) is 0 Å². The lowest BCUT2D eigenvalue weighted by molar-refractivity contribution is -0.116. The molecule has 1 N–H and O–H groups in total. The number of nitrogens with zero attached hydrogens (tertiary/aromatic N) is 1. The van der Waals surface area contributed by atoms with Gasteiger partial charge in [-0.05, 0) is 74.2 Å². The van der Waals surface area contributed by atoms with Gasteiger partial charge in [-0.15, -0.1) is 11.3 Å². The van der Waals surface area contributed by atoms with Gasteiger partial charge in [0.25, 0.3) is 0 Å². The summed E-state index contributed by atoms with van der Waals surface area (Å²) >= 11 is 7.60. The third-order valence-electron chi connectivity index (χ3n) is 4.89. The van der Waals surface area contributed by atoms with E-state index < -0.39 is 0 Å². The van der Waals surface area contributed by atoms with Crippen LogP contribution in [-0.4, -0.2) is 24.1 Å². The van der Waals surface area contributed by atoms with E-state index in [1.807, 2.05) is 55.6 Å². The molecule has 1 amide bonds. The van der Waals surface area contributed by atoms with Crippen molar-refractivity contribution in [3.63, 3.8) is 0 Å². The predicted octanol–water partition coefficient (Wildman–Crippen LogP) is 7.06. The van der Waals surface area contributed by atoms with Crippen LogP contribution in [0.25, 0.3) is 11.3 Å².